The van der Waals surface area contributed by atoms with Gasteiger partial charge < -0.3 is 9.53 Å². The van der Waals surface area contributed by atoms with Crippen molar-refractivity contribution in [3.8, 4) is 11.5 Å². The van der Waals surface area contributed by atoms with Gasteiger partial charge in [0.25, 0.3) is 0 Å². The van der Waals surface area contributed by atoms with Crippen LogP contribution in [0.4, 0.5) is 0 Å². The van der Waals surface area contributed by atoms with Crippen LogP contribution >= 0.6 is 0 Å². The molecule has 1 atom stereocenters. The molecule has 2 aromatic rings. The highest BCUT2D eigenvalue weighted by molar-refractivity contribution is 5.61. The molecule has 0 fully saturated rings. The Morgan fingerprint density at radius 3 is 2.12 bits per heavy atom. The van der Waals surface area contributed by atoms with Crippen LogP contribution in [0.15, 0.2) is 54.6 Å². The molecule has 86 valence electrons. The summed E-state index contributed by atoms with van der Waals surface area (Å²) in [5.74, 6) is 1.52. The maximum atomic E-state index is 10.6. The number of aldehydes is 1. The Hall–Kier alpha value is -2.09. The quantitative estimate of drug-likeness (QED) is 0.741. The number of rotatable bonds is 4. The molecule has 0 bridgehead atoms. The number of hydrogen-bond donors (Lipinski definition) is 0. The van der Waals surface area contributed by atoms with Crippen LogP contribution in [0.25, 0.3) is 0 Å². The van der Waals surface area contributed by atoms with Crippen LogP contribution in [-0.2, 0) is 4.79 Å². The van der Waals surface area contributed by atoms with Gasteiger partial charge in [-0.15, -0.1) is 0 Å². The summed E-state index contributed by atoms with van der Waals surface area (Å²) < 4.78 is 5.66. The summed E-state index contributed by atoms with van der Waals surface area (Å²) in [4.78, 5) is 10.6. The van der Waals surface area contributed by atoms with Crippen molar-refractivity contribution in [2.24, 2.45) is 0 Å². The number of hydrogen-bond acceptors (Lipinski definition) is 2. The molecular weight excluding hydrogens is 212 g/mol. The summed E-state index contributed by atoms with van der Waals surface area (Å²) in [5.41, 5.74) is 1.00. The smallest absolute Gasteiger partial charge is 0.127 e. The molecule has 2 heteroatoms. The molecule has 0 saturated carbocycles. The molecule has 0 aromatic heterocycles. The van der Waals surface area contributed by atoms with Gasteiger partial charge in [0.1, 0.15) is 17.8 Å². The van der Waals surface area contributed by atoms with Gasteiger partial charge in [-0.1, -0.05) is 37.3 Å². The summed E-state index contributed by atoms with van der Waals surface area (Å²) in [6.45, 7) is 1.88. The maximum Gasteiger partial charge on any atom is 0.127 e. The van der Waals surface area contributed by atoms with E-state index in [2.05, 4.69) is 0 Å². The van der Waals surface area contributed by atoms with Crippen molar-refractivity contribution in [1.82, 2.24) is 0 Å². The van der Waals surface area contributed by atoms with E-state index in [1.807, 2.05) is 61.5 Å². The lowest BCUT2D eigenvalue weighted by molar-refractivity contribution is -0.108. The predicted molar refractivity (Wildman–Crippen MR) is 67.4 cm³/mol. The van der Waals surface area contributed by atoms with Crippen LogP contribution in [-0.4, -0.2) is 6.29 Å². The Kier molecular flexibility index (Phi) is 3.55. The molecule has 0 heterocycles. The topological polar surface area (TPSA) is 26.3 Å². The van der Waals surface area contributed by atoms with E-state index in [0.717, 1.165) is 23.3 Å². The predicted octanol–water partition coefficient (Wildman–Crippen LogP) is 3.78. The third kappa shape index (κ3) is 2.94. The lowest BCUT2D eigenvalue weighted by atomic mass is 10.0. The highest BCUT2D eigenvalue weighted by Crippen LogP contribution is 2.23. The Morgan fingerprint density at radius 1 is 0.941 bits per heavy atom. The molecule has 0 N–H and O–H groups in total. The van der Waals surface area contributed by atoms with Crippen molar-refractivity contribution in [3.05, 3.63) is 60.2 Å². The molecule has 2 nitrogen and oxygen atoms in total. The minimum atomic E-state index is -0.0687. The summed E-state index contributed by atoms with van der Waals surface area (Å²) in [7, 11) is 0. The van der Waals surface area contributed by atoms with E-state index >= 15 is 0 Å². The van der Waals surface area contributed by atoms with Crippen molar-refractivity contribution in [1.29, 1.82) is 0 Å². The first-order valence-corrected chi connectivity index (χ1v) is 5.58. The number of ether oxygens (including phenoxy) is 1. The summed E-state index contributed by atoms with van der Waals surface area (Å²) in [6.07, 6.45) is 0.938. The average molecular weight is 226 g/mol. The van der Waals surface area contributed by atoms with Crippen molar-refractivity contribution >= 4 is 6.29 Å². The van der Waals surface area contributed by atoms with Gasteiger partial charge >= 0.3 is 0 Å². The fraction of sp³-hybridized carbons (Fsp3) is 0.133. The van der Waals surface area contributed by atoms with Gasteiger partial charge in [0.2, 0.25) is 0 Å². The van der Waals surface area contributed by atoms with Gasteiger partial charge in [0.05, 0.1) is 0 Å². The Bertz CT molecular complexity index is 474. The van der Waals surface area contributed by atoms with Crippen LogP contribution < -0.4 is 4.74 Å². The lowest BCUT2D eigenvalue weighted by Gasteiger charge is -2.07. The van der Waals surface area contributed by atoms with E-state index < -0.39 is 0 Å². The standard InChI is InChI=1S/C15H14O2/c1-12(11-16)13-7-9-15(10-8-13)17-14-5-3-2-4-6-14/h2-12H,1H3. The zero-order valence-electron chi connectivity index (χ0n) is 9.67. The molecule has 2 aromatic carbocycles. The number of carbonyl (C=O) groups is 1. The van der Waals surface area contributed by atoms with Crippen LogP contribution in [0.1, 0.15) is 18.4 Å². The molecule has 1 unspecified atom stereocenters. The van der Waals surface area contributed by atoms with Crippen molar-refractivity contribution in [2.45, 2.75) is 12.8 Å². The molecule has 0 radical (unpaired) electrons. The van der Waals surface area contributed by atoms with Crippen LogP contribution in [0, 0.1) is 0 Å². The van der Waals surface area contributed by atoms with Crippen molar-refractivity contribution in [3.63, 3.8) is 0 Å². The SMILES string of the molecule is CC(C=O)c1ccc(Oc2ccccc2)cc1. The van der Waals surface area contributed by atoms with E-state index in [1.54, 1.807) is 0 Å². The second-order valence-corrected chi connectivity index (χ2v) is 3.91. The maximum absolute atomic E-state index is 10.6. The Labute approximate surface area is 101 Å². The van der Waals surface area contributed by atoms with Gasteiger partial charge in [-0.3, -0.25) is 0 Å². The van der Waals surface area contributed by atoms with Gasteiger partial charge in [-0.25, -0.2) is 0 Å². The fourth-order valence-corrected chi connectivity index (χ4v) is 1.54. The second-order valence-electron chi connectivity index (χ2n) is 3.91. The van der Waals surface area contributed by atoms with Crippen molar-refractivity contribution in [2.75, 3.05) is 0 Å². The van der Waals surface area contributed by atoms with Crippen LogP contribution in [0.3, 0.4) is 0 Å². The summed E-state index contributed by atoms with van der Waals surface area (Å²) >= 11 is 0. The Balaban J connectivity index is 2.11. The number of benzene rings is 2. The largest absolute Gasteiger partial charge is 0.457 e. The van der Waals surface area contributed by atoms with E-state index in [1.165, 1.54) is 0 Å². The second kappa shape index (κ2) is 5.30. The average Bonchev–Trinajstić information content (AvgIpc) is 2.40. The van der Waals surface area contributed by atoms with E-state index in [9.17, 15) is 4.79 Å². The zero-order chi connectivity index (χ0) is 12.1. The minimum absolute atomic E-state index is 0.0687. The molecule has 0 aliphatic rings. The van der Waals surface area contributed by atoms with E-state index in [0.29, 0.717) is 0 Å². The molecule has 17 heavy (non-hydrogen) atoms. The third-order valence-electron chi connectivity index (χ3n) is 2.59. The van der Waals surface area contributed by atoms with Crippen LogP contribution in [0.2, 0.25) is 0 Å². The van der Waals surface area contributed by atoms with Gasteiger partial charge in [-0.05, 0) is 29.8 Å². The van der Waals surface area contributed by atoms with Gasteiger partial charge in [0, 0.05) is 5.92 Å². The lowest BCUT2D eigenvalue weighted by Crippen LogP contribution is -1.93. The monoisotopic (exact) mass is 226 g/mol. The molecule has 0 aliphatic heterocycles. The van der Waals surface area contributed by atoms with Crippen LogP contribution in [0.5, 0.6) is 11.5 Å². The first-order chi connectivity index (χ1) is 8.29. The summed E-state index contributed by atoms with van der Waals surface area (Å²) in [6, 6.07) is 17.2. The summed E-state index contributed by atoms with van der Waals surface area (Å²) in [5, 5.41) is 0. The third-order valence-corrected chi connectivity index (χ3v) is 2.59. The molecule has 0 saturated heterocycles. The molecular formula is C15H14O2. The first-order valence-electron chi connectivity index (χ1n) is 5.58. The molecule has 2 rings (SSSR count). The zero-order valence-corrected chi connectivity index (χ0v) is 9.67. The number of carbonyl (C=O) groups excluding carboxylic acids is 1. The van der Waals surface area contributed by atoms with Crippen molar-refractivity contribution < 1.29 is 9.53 Å². The van der Waals surface area contributed by atoms with E-state index in [4.69, 9.17) is 4.74 Å². The highest BCUT2D eigenvalue weighted by atomic mass is 16.5. The normalized spacial score (nSPS) is 11.8. The first kappa shape index (κ1) is 11.4. The minimum Gasteiger partial charge on any atom is -0.457 e. The molecule has 0 spiro atoms. The fourth-order valence-electron chi connectivity index (χ4n) is 1.54. The highest BCUT2D eigenvalue weighted by Gasteiger charge is 2.03. The molecule has 0 aliphatic carbocycles. The molecule has 0 amide bonds. The number of para-hydroxylation sites is 1. The van der Waals surface area contributed by atoms with Gasteiger partial charge in [-0.2, -0.15) is 0 Å². The Morgan fingerprint density at radius 2 is 1.53 bits per heavy atom. The van der Waals surface area contributed by atoms with E-state index in [-0.39, 0.29) is 5.92 Å². The van der Waals surface area contributed by atoms with Gasteiger partial charge in [0.15, 0.2) is 0 Å².